The maximum atomic E-state index is 12.8. The molecule has 2 heterocycles. The van der Waals surface area contributed by atoms with E-state index in [9.17, 15) is 14.8 Å². The lowest BCUT2D eigenvalue weighted by atomic mass is 9.89. The van der Waals surface area contributed by atoms with Crippen LogP contribution in [0.15, 0.2) is 48.8 Å². The van der Waals surface area contributed by atoms with Gasteiger partial charge >= 0.3 is 0 Å². The Kier molecular flexibility index (Phi) is 4.97. The Morgan fingerprint density at radius 2 is 1.96 bits per heavy atom. The number of carbonyl (C=O) groups is 2. The number of likely N-dealkylation sites (tertiary alicyclic amines) is 1. The Balaban J connectivity index is 1.73. The third-order valence-electron chi connectivity index (χ3n) is 4.48. The predicted molar refractivity (Wildman–Crippen MR) is 91.4 cm³/mol. The molecule has 1 amide bonds. The third-order valence-corrected chi connectivity index (χ3v) is 4.48. The van der Waals surface area contributed by atoms with E-state index in [1.165, 1.54) is 24.5 Å². The largest absolute Gasteiger partial charge is 0.619 e. The number of hydrogen-bond acceptors (Lipinski definition) is 4. The second-order valence-corrected chi connectivity index (χ2v) is 6.13. The topological polar surface area (TPSA) is 73.5 Å². The van der Waals surface area contributed by atoms with Crippen LogP contribution in [-0.4, -0.2) is 36.8 Å². The van der Waals surface area contributed by atoms with Crippen molar-refractivity contribution in [2.24, 2.45) is 5.92 Å². The molecule has 0 saturated carbocycles. The van der Waals surface area contributed by atoms with Crippen LogP contribution in [0, 0.1) is 11.1 Å². The van der Waals surface area contributed by atoms with Gasteiger partial charge in [0.25, 0.3) is 5.91 Å². The number of carbonyl (C=O) groups excluding carboxylic acids is 2. The fourth-order valence-electron chi connectivity index (χ4n) is 3.13. The molecule has 1 saturated heterocycles. The van der Waals surface area contributed by atoms with Crippen LogP contribution in [0.2, 0.25) is 0 Å². The average molecular weight is 340 g/mol. The van der Waals surface area contributed by atoms with Gasteiger partial charge in [0.1, 0.15) is 5.75 Å². The second-order valence-electron chi connectivity index (χ2n) is 6.13. The molecule has 0 spiro atoms. The highest BCUT2D eigenvalue weighted by Gasteiger charge is 2.29. The Hall–Kier alpha value is -2.89. The molecule has 0 aliphatic carbocycles. The minimum Gasteiger partial charge on any atom is -0.619 e. The Morgan fingerprint density at radius 3 is 2.68 bits per heavy atom. The highest BCUT2D eigenvalue weighted by atomic mass is 16.5. The number of ether oxygens (including phenoxy) is 1. The minimum atomic E-state index is -0.224. The first-order valence-electron chi connectivity index (χ1n) is 8.25. The molecule has 1 aliphatic rings. The molecule has 0 unspecified atom stereocenters. The molecule has 0 N–H and O–H groups in total. The number of methoxy groups -OCH3 is 1. The summed E-state index contributed by atoms with van der Waals surface area (Å²) in [7, 11) is 1.57. The lowest BCUT2D eigenvalue weighted by Gasteiger charge is -2.32. The Morgan fingerprint density at radius 1 is 1.20 bits per heavy atom. The number of benzene rings is 1. The zero-order valence-electron chi connectivity index (χ0n) is 14.1. The predicted octanol–water partition coefficient (Wildman–Crippen LogP) is 2.06. The summed E-state index contributed by atoms with van der Waals surface area (Å²) >= 11 is 0. The molecule has 1 aliphatic heterocycles. The van der Waals surface area contributed by atoms with Crippen molar-refractivity contribution in [1.82, 2.24) is 4.90 Å². The molecule has 3 rings (SSSR count). The first-order chi connectivity index (χ1) is 12.1. The molecule has 130 valence electrons. The molecule has 25 heavy (non-hydrogen) atoms. The van der Waals surface area contributed by atoms with Crippen LogP contribution >= 0.6 is 0 Å². The molecule has 2 aromatic rings. The highest BCUT2D eigenvalue weighted by Crippen LogP contribution is 2.24. The molecule has 6 nitrogen and oxygen atoms in total. The Bertz CT molecular complexity index is 773. The number of pyridine rings is 1. The molecule has 1 atom stereocenters. The number of hydrogen-bond donors (Lipinski definition) is 0. The van der Waals surface area contributed by atoms with Crippen molar-refractivity contribution in [3.05, 3.63) is 65.1 Å². The van der Waals surface area contributed by atoms with Crippen LogP contribution in [0.4, 0.5) is 0 Å². The van der Waals surface area contributed by atoms with Crippen molar-refractivity contribution >= 4 is 11.7 Å². The number of aromatic nitrogens is 1. The SMILES string of the molecule is COc1cccc(C(=O)[C@@H]2CCCN(C(=O)c3cc[n+]([O-])cc3)C2)c1. The molecule has 1 fully saturated rings. The number of piperidine rings is 1. The van der Waals surface area contributed by atoms with E-state index in [4.69, 9.17) is 4.74 Å². The zero-order valence-corrected chi connectivity index (χ0v) is 14.1. The zero-order chi connectivity index (χ0) is 17.8. The molecule has 0 bridgehead atoms. The van der Waals surface area contributed by atoms with Crippen molar-refractivity contribution in [2.45, 2.75) is 12.8 Å². The number of Topliss-reactive ketones (excluding diaryl/α,β-unsaturated/α-hetero) is 1. The van der Waals surface area contributed by atoms with Gasteiger partial charge in [0.05, 0.1) is 12.7 Å². The van der Waals surface area contributed by atoms with Gasteiger partial charge in [0, 0.05) is 36.7 Å². The molecular weight excluding hydrogens is 320 g/mol. The van der Waals surface area contributed by atoms with E-state index in [0.717, 1.165) is 12.8 Å². The summed E-state index contributed by atoms with van der Waals surface area (Å²) in [6, 6.07) is 10.1. The first kappa shape index (κ1) is 17.0. The van der Waals surface area contributed by atoms with Crippen molar-refractivity contribution in [3.63, 3.8) is 0 Å². The van der Waals surface area contributed by atoms with Crippen LogP contribution in [-0.2, 0) is 0 Å². The van der Waals surface area contributed by atoms with Gasteiger partial charge in [-0.25, -0.2) is 0 Å². The number of ketones is 1. The van der Waals surface area contributed by atoms with E-state index in [1.54, 1.807) is 36.3 Å². The van der Waals surface area contributed by atoms with Crippen LogP contribution in [0.25, 0.3) is 0 Å². The van der Waals surface area contributed by atoms with E-state index >= 15 is 0 Å². The maximum absolute atomic E-state index is 12.8. The van der Waals surface area contributed by atoms with E-state index in [2.05, 4.69) is 0 Å². The summed E-state index contributed by atoms with van der Waals surface area (Å²) in [5, 5.41) is 11.1. The van der Waals surface area contributed by atoms with Crippen LogP contribution in [0.1, 0.15) is 33.6 Å². The van der Waals surface area contributed by atoms with E-state index < -0.39 is 0 Å². The van der Waals surface area contributed by atoms with Crippen molar-refractivity contribution in [2.75, 3.05) is 20.2 Å². The number of amides is 1. The minimum absolute atomic E-state index is 0.0295. The van der Waals surface area contributed by atoms with E-state index in [1.807, 2.05) is 0 Å². The summed E-state index contributed by atoms with van der Waals surface area (Å²) in [6.45, 7) is 1.01. The standard InChI is InChI=1S/C19H20N2O4/c1-25-17-6-2-4-15(12-17)18(22)16-5-3-9-20(13-16)19(23)14-7-10-21(24)11-8-14/h2,4,6-8,10-12,16H,3,5,9,13H2,1H3/t16-/m1/s1. The average Bonchev–Trinajstić information content (AvgIpc) is 2.67. The normalized spacial score (nSPS) is 17.2. The monoisotopic (exact) mass is 340 g/mol. The molecule has 6 heteroatoms. The van der Waals surface area contributed by atoms with Gasteiger partial charge in [-0.3, -0.25) is 9.59 Å². The van der Waals surface area contributed by atoms with Gasteiger partial charge in [-0.15, -0.1) is 0 Å². The quantitative estimate of drug-likeness (QED) is 0.485. The van der Waals surface area contributed by atoms with Gasteiger partial charge in [0.15, 0.2) is 18.2 Å². The van der Waals surface area contributed by atoms with E-state index in [0.29, 0.717) is 34.7 Å². The van der Waals surface area contributed by atoms with Gasteiger partial charge in [0.2, 0.25) is 0 Å². The van der Waals surface area contributed by atoms with Crippen LogP contribution < -0.4 is 9.47 Å². The molecule has 0 radical (unpaired) electrons. The smallest absolute Gasteiger partial charge is 0.254 e. The lowest BCUT2D eigenvalue weighted by Crippen LogP contribution is -2.42. The first-order valence-corrected chi connectivity index (χ1v) is 8.25. The fraction of sp³-hybridized carbons (Fsp3) is 0.316. The lowest BCUT2D eigenvalue weighted by molar-refractivity contribution is -0.605. The van der Waals surface area contributed by atoms with Crippen molar-refractivity contribution < 1.29 is 19.1 Å². The molecule has 1 aromatic heterocycles. The van der Waals surface area contributed by atoms with Gasteiger partial charge < -0.3 is 14.8 Å². The van der Waals surface area contributed by atoms with Crippen LogP contribution in [0.3, 0.4) is 0 Å². The second kappa shape index (κ2) is 7.34. The summed E-state index contributed by atoms with van der Waals surface area (Å²) < 4.78 is 5.82. The Labute approximate surface area is 146 Å². The fourth-order valence-corrected chi connectivity index (χ4v) is 3.13. The van der Waals surface area contributed by atoms with E-state index in [-0.39, 0.29) is 17.6 Å². The molecule has 1 aromatic carbocycles. The summed E-state index contributed by atoms with van der Waals surface area (Å²) in [5.41, 5.74) is 1.06. The molecular formula is C19H20N2O4. The van der Waals surface area contributed by atoms with Gasteiger partial charge in [-0.05, 0) is 25.0 Å². The number of nitrogens with zero attached hydrogens (tertiary/aromatic N) is 2. The summed E-state index contributed by atoms with van der Waals surface area (Å²) in [6.07, 6.45) is 4.14. The highest BCUT2D eigenvalue weighted by molar-refractivity contribution is 5.99. The maximum Gasteiger partial charge on any atom is 0.254 e. The van der Waals surface area contributed by atoms with Crippen molar-refractivity contribution in [1.29, 1.82) is 0 Å². The van der Waals surface area contributed by atoms with Crippen molar-refractivity contribution in [3.8, 4) is 5.75 Å². The summed E-state index contributed by atoms with van der Waals surface area (Å²) in [4.78, 5) is 27.1. The van der Waals surface area contributed by atoms with Gasteiger partial charge in [-0.2, -0.15) is 4.73 Å². The van der Waals surface area contributed by atoms with Crippen LogP contribution in [0.5, 0.6) is 5.75 Å². The number of rotatable bonds is 4. The van der Waals surface area contributed by atoms with Gasteiger partial charge in [-0.1, -0.05) is 12.1 Å². The third kappa shape index (κ3) is 3.79. The summed E-state index contributed by atoms with van der Waals surface area (Å²) in [5.74, 6) is 0.299.